The fourth-order valence-electron chi connectivity index (χ4n) is 0.852. The van der Waals surface area contributed by atoms with Crippen LogP contribution in [0.15, 0.2) is 0 Å². The lowest BCUT2D eigenvalue weighted by Gasteiger charge is -2.07. The molecular weight excluding hydrogens is 184 g/mol. The molecule has 0 aliphatic carbocycles. The van der Waals surface area contributed by atoms with Crippen molar-refractivity contribution in [1.82, 2.24) is 5.43 Å². The third-order valence-electron chi connectivity index (χ3n) is 1.53. The highest BCUT2D eigenvalue weighted by Gasteiger charge is 1.97. The van der Waals surface area contributed by atoms with Crippen molar-refractivity contribution in [2.45, 2.75) is 32.8 Å². The number of rotatable bonds is 8. The molecular formula is C9H20N2O3. The normalized spacial score (nSPS) is 10.6. The molecule has 0 aliphatic rings. The number of hydrogen-bond donors (Lipinski definition) is 2. The molecule has 0 aromatic carbocycles. The Labute approximate surface area is 84.9 Å². The van der Waals surface area contributed by atoms with Gasteiger partial charge in [-0.25, -0.2) is 5.84 Å². The standard InChI is InChI=1S/C9H20N2O3/c1-8(2)14-7-6-13-5-3-4-9(12)11-10/h8H,3-7,10H2,1-2H3,(H,11,12). The second-order valence-electron chi connectivity index (χ2n) is 3.20. The summed E-state index contributed by atoms with van der Waals surface area (Å²) in [4.78, 5) is 10.7. The predicted octanol–water partition coefficient (Wildman–Crippen LogP) is 0.198. The molecule has 0 bridgehead atoms. The van der Waals surface area contributed by atoms with Crippen LogP contribution in [0, 0.1) is 0 Å². The lowest BCUT2D eigenvalue weighted by Crippen LogP contribution is -2.29. The summed E-state index contributed by atoms with van der Waals surface area (Å²) in [6.45, 7) is 5.69. The minimum absolute atomic E-state index is 0.160. The summed E-state index contributed by atoms with van der Waals surface area (Å²) < 4.78 is 10.5. The first-order valence-electron chi connectivity index (χ1n) is 4.85. The fraction of sp³-hybridized carbons (Fsp3) is 0.889. The zero-order valence-corrected chi connectivity index (χ0v) is 8.91. The first-order chi connectivity index (χ1) is 6.66. The van der Waals surface area contributed by atoms with Gasteiger partial charge in [-0.05, 0) is 20.3 Å². The van der Waals surface area contributed by atoms with Crippen LogP contribution in [-0.4, -0.2) is 31.8 Å². The minimum Gasteiger partial charge on any atom is -0.379 e. The molecule has 1 amide bonds. The third kappa shape index (κ3) is 9.44. The summed E-state index contributed by atoms with van der Waals surface area (Å²) in [5, 5.41) is 0. The van der Waals surface area contributed by atoms with Gasteiger partial charge in [-0.3, -0.25) is 10.2 Å². The average molecular weight is 204 g/mol. The van der Waals surface area contributed by atoms with Crippen LogP contribution in [0.2, 0.25) is 0 Å². The maximum Gasteiger partial charge on any atom is 0.233 e. The van der Waals surface area contributed by atoms with Crippen molar-refractivity contribution in [1.29, 1.82) is 0 Å². The Hall–Kier alpha value is -0.650. The lowest BCUT2D eigenvalue weighted by atomic mass is 10.3. The Morgan fingerprint density at radius 2 is 2.07 bits per heavy atom. The van der Waals surface area contributed by atoms with Crippen LogP contribution in [0.3, 0.4) is 0 Å². The van der Waals surface area contributed by atoms with E-state index < -0.39 is 0 Å². The van der Waals surface area contributed by atoms with Crippen LogP contribution in [0.5, 0.6) is 0 Å². The van der Waals surface area contributed by atoms with Crippen LogP contribution in [0.1, 0.15) is 26.7 Å². The van der Waals surface area contributed by atoms with E-state index in [-0.39, 0.29) is 12.0 Å². The molecule has 0 saturated carbocycles. The molecule has 3 N–H and O–H groups in total. The zero-order valence-electron chi connectivity index (χ0n) is 8.91. The molecule has 0 atom stereocenters. The van der Waals surface area contributed by atoms with Gasteiger partial charge in [-0.1, -0.05) is 0 Å². The van der Waals surface area contributed by atoms with Gasteiger partial charge in [0.25, 0.3) is 0 Å². The molecule has 84 valence electrons. The topological polar surface area (TPSA) is 73.6 Å². The largest absolute Gasteiger partial charge is 0.379 e. The van der Waals surface area contributed by atoms with Crippen molar-refractivity contribution in [2.75, 3.05) is 19.8 Å². The van der Waals surface area contributed by atoms with Crippen molar-refractivity contribution in [3.63, 3.8) is 0 Å². The number of amides is 1. The van der Waals surface area contributed by atoms with Crippen LogP contribution < -0.4 is 11.3 Å². The summed E-state index contributed by atoms with van der Waals surface area (Å²) in [5.74, 6) is 4.75. The van der Waals surface area contributed by atoms with Crippen LogP contribution in [0.4, 0.5) is 0 Å². The molecule has 0 spiro atoms. The summed E-state index contributed by atoms with van der Waals surface area (Å²) in [7, 11) is 0. The Morgan fingerprint density at radius 3 is 2.64 bits per heavy atom. The third-order valence-corrected chi connectivity index (χ3v) is 1.53. The van der Waals surface area contributed by atoms with Gasteiger partial charge in [-0.15, -0.1) is 0 Å². The Morgan fingerprint density at radius 1 is 1.36 bits per heavy atom. The van der Waals surface area contributed by atoms with Crippen molar-refractivity contribution in [3.05, 3.63) is 0 Å². The summed E-state index contributed by atoms with van der Waals surface area (Å²) in [5.41, 5.74) is 2.06. The van der Waals surface area contributed by atoms with Crippen molar-refractivity contribution < 1.29 is 14.3 Å². The smallest absolute Gasteiger partial charge is 0.233 e. The van der Waals surface area contributed by atoms with E-state index in [1.807, 2.05) is 13.8 Å². The van der Waals surface area contributed by atoms with Gasteiger partial charge in [0, 0.05) is 13.0 Å². The first-order valence-corrected chi connectivity index (χ1v) is 4.85. The van der Waals surface area contributed by atoms with Gasteiger partial charge in [0.1, 0.15) is 0 Å². The Balaban J connectivity index is 3.03. The fourth-order valence-corrected chi connectivity index (χ4v) is 0.852. The molecule has 5 nitrogen and oxygen atoms in total. The molecule has 0 radical (unpaired) electrons. The van der Waals surface area contributed by atoms with E-state index in [0.29, 0.717) is 32.7 Å². The molecule has 0 rings (SSSR count). The van der Waals surface area contributed by atoms with Gasteiger partial charge in [-0.2, -0.15) is 0 Å². The van der Waals surface area contributed by atoms with E-state index in [9.17, 15) is 4.79 Å². The van der Waals surface area contributed by atoms with Gasteiger partial charge in [0.2, 0.25) is 5.91 Å². The summed E-state index contributed by atoms with van der Waals surface area (Å²) in [6.07, 6.45) is 1.33. The molecule has 14 heavy (non-hydrogen) atoms. The minimum atomic E-state index is -0.160. The Bertz CT molecular complexity index is 151. The van der Waals surface area contributed by atoms with E-state index in [4.69, 9.17) is 15.3 Å². The average Bonchev–Trinajstić information content (AvgIpc) is 2.15. The number of hydrazine groups is 1. The number of nitrogens with one attached hydrogen (secondary N) is 1. The molecule has 5 heteroatoms. The van der Waals surface area contributed by atoms with Gasteiger partial charge >= 0.3 is 0 Å². The highest BCUT2D eigenvalue weighted by molar-refractivity contribution is 5.75. The SMILES string of the molecule is CC(C)OCCOCCCC(=O)NN. The van der Waals surface area contributed by atoms with E-state index in [1.54, 1.807) is 0 Å². The molecule has 0 fully saturated rings. The Kier molecular flexibility index (Phi) is 8.51. The number of nitrogens with two attached hydrogens (primary N) is 1. The maximum absolute atomic E-state index is 10.7. The predicted molar refractivity (Wildman–Crippen MR) is 53.5 cm³/mol. The van der Waals surface area contributed by atoms with E-state index in [2.05, 4.69) is 5.43 Å². The van der Waals surface area contributed by atoms with Crippen LogP contribution >= 0.6 is 0 Å². The van der Waals surface area contributed by atoms with Crippen molar-refractivity contribution in [2.24, 2.45) is 5.84 Å². The quantitative estimate of drug-likeness (QED) is 0.256. The van der Waals surface area contributed by atoms with Crippen LogP contribution in [-0.2, 0) is 14.3 Å². The molecule has 0 aromatic heterocycles. The monoisotopic (exact) mass is 204 g/mol. The molecule has 0 unspecified atom stereocenters. The first kappa shape index (κ1) is 13.4. The van der Waals surface area contributed by atoms with Gasteiger partial charge < -0.3 is 9.47 Å². The number of carbonyl (C=O) groups excluding carboxylic acids is 1. The zero-order chi connectivity index (χ0) is 10.8. The second-order valence-corrected chi connectivity index (χ2v) is 3.20. The lowest BCUT2D eigenvalue weighted by molar-refractivity contribution is -0.121. The number of hydrogen-bond acceptors (Lipinski definition) is 4. The van der Waals surface area contributed by atoms with E-state index >= 15 is 0 Å². The van der Waals surface area contributed by atoms with E-state index in [0.717, 1.165) is 0 Å². The summed E-state index contributed by atoms with van der Waals surface area (Å²) >= 11 is 0. The molecule has 0 aliphatic heterocycles. The van der Waals surface area contributed by atoms with Crippen LogP contribution in [0.25, 0.3) is 0 Å². The summed E-state index contributed by atoms with van der Waals surface area (Å²) in [6, 6.07) is 0. The number of ether oxygens (including phenoxy) is 2. The van der Waals surface area contributed by atoms with Gasteiger partial charge in [0.15, 0.2) is 0 Å². The molecule has 0 saturated heterocycles. The second kappa shape index (κ2) is 8.93. The van der Waals surface area contributed by atoms with Crippen molar-refractivity contribution >= 4 is 5.91 Å². The molecule has 0 heterocycles. The maximum atomic E-state index is 10.7. The van der Waals surface area contributed by atoms with E-state index in [1.165, 1.54) is 0 Å². The molecule has 0 aromatic rings. The highest BCUT2D eigenvalue weighted by atomic mass is 16.5. The highest BCUT2D eigenvalue weighted by Crippen LogP contribution is 1.91. The van der Waals surface area contributed by atoms with Gasteiger partial charge in [0.05, 0.1) is 19.3 Å². The van der Waals surface area contributed by atoms with Crippen molar-refractivity contribution in [3.8, 4) is 0 Å². The number of carbonyl (C=O) groups is 1.